The van der Waals surface area contributed by atoms with E-state index < -0.39 is 6.10 Å². The van der Waals surface area contributed by atoms with Gasteiger partial charge in [0, 0.05) is 12.0 Å². The minimum absolute atomic E-state index is 0.0284. The monoisotopic (exact) mass is 232 g/mol. The van der Waals surface area contributed by atoms with Crippen LogP contribution in [0.15, 0.2) is 47.2 Å². The van der Waals surface area contributed by atoms with Gasteiger partial charge in [0.15, 0.2) is 5.78 Å². The molecule has 1 aromatic carbocycles. The molecule has 1 N–H and O–H groups in total. The minimum atomic E-state index is -0.695. The van der Waals surface area contributed by atoms with Gasteiger partial charge in [0.05, 0.1) is 6.10 Å². The van der Waals surface area contributed by atoms with E-state index in [-0.39, 0.29) is 12.2 Å². The smallest absolute Gasteiger partial charge is 0.165 e. The van der Waals surface area contributed by atoms with Crippen LogP contribution in [-0.2, 0) is 0 Å². The molecule has 0 spiro atoms. The number of aliphatic hydroxyl groups is 1. The maximum Gasteiger partial charge on any atom is 0.165 e. The third-order valence-electron chi connectivity index (χ3n) is 2.40. The number of Topliss-reactive ketones (excluding diaryl/α,β-unsaturated/α-hetero) is 1. The summed E-state index contributed by atoms with van der Waals surface area (Å²) < 4.78 is 0. The second-order valence-electron chi connectivity index (χ2n) is 3.57. The van der Waals surface area contributed by atoms with Crippen molar-refractivity contribution in [3.8, 4) is 0 Å². The lowest BCUT2D eigenvalue weighted by atomic mass is 10.0. The topological polar surface area (TPSA) is 37.3 Å². The second kappa shape index (κ2) is 5.05. The fraction of sp³-hybridized carbons (Fsp3) is 0.154. The molecule has 0 saturated carbocycles. The normalized spacial score (nSPS) is 12.3. The van der Waals surface area contributed by atoms with E-state index in [1.807, 2.05) is 35.0 Å². The highest BCUT2D eigenvalue weighted by Crippen LogP contribution is 2.21. The molecule has 2 aromatic rings. The summed E-state index contributed by atoms with van der Waals surface area (Å²) in [5.41, 5.74) is 1.46. The Morgan fingerprint density at radius 3 is 2.62 bits per heavy atom. The van der Waals surface area contributed by atoms with Crippen LogP contribution in [0, 0.1) is 0 Å². The van der Waals surface area contributed by atoms with Gasteiger partial charge in [-0.3, -0.25) is 4.79 Å². The Morgan fingerprint density at radius 2 is 2.00 bits per heavy atom. The molecule has 0 bridgehead atoms. The summed E-state index contributed by atoms with van der Waals surface area (Å²) in [6.07, 6.45) is -0.556. The molecule has 0 radical (unpaired) electrons. The van der Waals surface area contributed by atoms with Crippen LogP contribution in [0.4, 0.5) is 0 Å². The van der Waals surface area contributed by atoms with Gasteiger partial charge in [-0.05, 0) is 22.4 Å². The van der Waals surface area contributed by atoms with E-state index in [1.165, 1.54) is 11.3 Å². The lowest BCUT2D eigenvalue weighted by Crippen LogP contribution is -2.06. The predicted octanol–water partition coefficient (Wildman–Crippen LogP) is 3.05. The third-order valence-corrected chi connectivity index (χ3v) is 3.10. The highest BCUT2D eigenvalue weighted by Gasteiger charge is 2.14. The first-order chi connectivity index (χ1) is 7.77. The Hall–Kier alpha value is -1.45. The molecule has 0 aliphatic heterocycles. The van der Waals surface area contributed by atoms with Gasteiger partial charge in [0.1, 0.15) is 0 Å². The zero-order chi connectivity index (χ0) is 11.4. The Morgan fingerprint density at radius 1 is 1.25 bits per heavy atom. The van der Waals surface area contributed by atoms with E-state index in [1.54, 1.807) is 12.1 Å². The average molecular weight is 232 g/mol. The van der Waals surface area contributed by atoms with Gasteiger partial charge in [-0.25, -0.2) is 0 Å². The van der Waals surface area contributed by atoms with Crippen LogP contribution in [0.5, 0.6) is 0 Å². The molecule has 2 rings (SSSR count). The van der Waals surface area contributed by atoms with Crippen molar-refractivity contribution >= 4 is 17.1 Å². The molecule has 0 fully saturated rings. The van der Waals surface area contributed by atoms with Crippen molar-refractivity contribution in [3.05, 3.63) is 58.3 Å². The number of benzene rings is 1. The molecule has 0 aliphatic rings. The van der Waals surface area contributed by atoms with Crippen molar-refractivity contribution in [1.82, 2.24) is 0 Å². The molecule has 1 aromatic heterocycles. The molecule has 0 amide bonds. The van der Waals surface area contributed by atoms with Crippen molar-refractivity contribution in [3.63, 3.8) is 0 Å². The van der Waals surface area contributed by atoms with Gasteiger partial charge < -0.3 is 5.11 Å². The highest BCUT2D eigenvalue weighted by atomic mass is 32.1. The molecule has 3 heteroatoms. The molecule has 0 saturated heterocycles. The SMILES string of the molecule is O=C(C[C@@H](O)c1ccsc1)c1ccccc1. The van der Waals surface area contributed by atoms with Crippen LogP contribution in [0.3, 0.4) is 0 Å². The van der Waals surface area contributed by atoms with Gasteiger partial charge in [-0.15, -0.1) is 0 Å². The molecule has 82 valence electrons. The van der Waals surface area contributed by atoms with Gasteiger partial charge in [-0.1, -0.05) is 30.3 Å². The summed E-state index contributed by atoms with van der Waals surface area (Å²) in [5.74, 6) is -0.0284. The first-order valence-electron chi connectivity index (χ1n) is 5.06. The zero-order valence-electron chi connectivity index (χ0n) is 8.67. The first kappa shape index (κ1) is 11.0. The van der Waals surface area contributed by atoms with Crippen LogP contribution < -0.4 is 0 Å². The summed E-state index contributed by atoms with van der Waals surface area (Å²) in [6, 6.07) is 10.9. The van der Waals surface area contributed by atoms with Crippen LogP contribution in [0.2, 0.25) is 0 Å². The number of carbonyl (C=O) groups is 1. The van der Waals surface area contributed by atoms with E-state index in [0.29, 0.717) is 5.56 Å². The molecular weight excluding hydrogens is 220 g/mol. The third kappa shape index (κ3) is 2.56. The van der Waals surface area contributed by atoms with Gasteiger partial charge in [0.25, 0.3) is 0 Å². The van der Waals surface area contributed by atoms with E-state index in [4.69, 9.17) is 0 Å². The van der Waals surface area contributed by atoms with Gasteiger partial charge in [-0.2, -0.15) is 11.3 Å². The van der Waals surface area contributed by atoms with Crippen molar-refractivity contribution in [2.45, 2.75) is 12.5 Å². The molecular formula is C13H12O2S. The number of carbonyl (C=O) groups excluding carboxylic acids is 1. The van der Waals surface area contributed by atoms with Gasteiger partial charge in [0.2, 0.25) is 0 Å². The van der Waals surface area contributed by atoms with Crippen LogP contribution in [0.25, 0.3) is 0 Å². The zero-order valence-corrected chi connectivity index (χ0v) is 9.48. The van der Waals surface area contributed by atoms with Crippen LogP contribution in [0.1, 0.15) is 28.4 Å². The predicted molar refractivity (Wildman–Crippen MR) is 64.7 cm³/mol. The maximum absolute atomic E-state index is 11.8. The molecule has 1 atom stereocenters. The molecule has 16 heavy (non-hydrogen) atoms. The van der Waals surface area contributed by atoms with Gasteiger partial charge >= 0.3 is 0 Å². The number of hydrogen-bond donors (Lipinski definition) is 1. The lowest BCUT2D eigenvalue weighted by molar-refractivity contribution is 0.0880. The number of aliphatic hydroxyl groups excluding tert-OH is 1. The molecule has 0 aliphatic carbocycles. The van der Waals surface area contributed by atoms with Crippen molar-refractivity contribution in [2.75, 3.05) is 0 Å². The summed E-state index contributed by atoms with van der Waals surface area (Å²) in [4.78, 5) is 11.8. The van der Waals surface area contributed by atoms with Crippen molar-refractivity contribution in [2.24, 2.45) is 0 Å². The average Bonchev–Trinajstić information content (AvgIpc) is 2.83. The minimum Gasteiger partial charge on any atom is -0.388 e. The van der Waals surface area contributed by atoms with E-state index >= 15 is 0 Å². The van der Waals surface area contributed by atoms with E-state index in [9.17, 15) is 9.90 Å². The summed E-state index contributed by atoms with van der Waals surface area (Å²) in [6.45, 7) is 0. The quantitative estimate of drug-likeness (QED) is 0.823. The fourth-order valence-electron chi connectivity index (χ4n) is 1.50. The van der Waals surface area contributed by atoms with E-state index in [2.05, 4.69) is 0 Å². The Bertz CT molecular complexity index is 448. The fourth-order valence-corrected chi connectivity index (χ4v) is 2.21. The molecule has 0 unspecified atom stereocenters. The van der Waals surface area contributed by atoms with E-state index in [0.717, 1.165) is 5.56 Å². The number of hydrogen-bond acceptors (Lipinski definition) is 3. The molecule has 2 nitrogen and oxygen atoms in total. The largest absolute Gasteiger partial charge is 0.388 e. The summed E-state index contributed by atoms with van der Waals surface area (Å²) in [5, 5.41) is 13.6. The lowest BCUT2D eigenvalue weighted by Gasteiger charge is -2.07. The molecule has 1 heterocycles. The van der Waals surface area contributed by atoms with Crippen LogP contribution >= 0.6 is 11.3 Å². The Labute approximate surface area is 98.2 Å². The number of rotatable bonds is 4. The standard InChI is InChI=1S/C13H12O2S/c14-12(10-4-2-1-3-5-10)8-13(15)11-6-7-16-9-11/h1-7,9,13,15H,8H2/t13-/m1/s1. The summed E-state index contributed by atoms with van der Waals surface area (Å²) >= 11 is 1.52. The second-order valence-corrected chi connectivity index (χ2v) is 4.35. The number of thiophene rings is 1. The summed E-state index contributed by atoms with van der Waals surface area (Å²) in [7, 11) is 0. The highest BCUT2D eigenvalue weighted by molar-refractivity contribution is 7.07. The van der Waals surface area contributed by atoms with Crippen LogP contribution in [-0.4, -0.2) is 10.9 Å². The maximum atomic E-state index is 11.8. The van der Waals surface area contributed by atoms with Crippen molar-refractivity contribution in [1.29, 1.82) is 0 Å². The Balaban J connectivity index is 2.03. The number of ketones is 1. The van der Waals surface area contributed by atoms with Crippen molar-refractivity contribution < 1.29 is 9.90 Å². The Kier molecular flexibility index (Phi) is 3.49. The first-order valence-corrected chi connectivity index (χ1v) is 6.00.